The molecule has 5 unspecified atom stereocenters. The van der Waals surface area contributed by atoms with Crippen molar-refractivity contribution in [3.63, 3.8) is 0 Å². The average molecular weight is 720 g/mol. The number of rotatable bonds is 7. The molecule has 3 aliphatic rings. The number of phenolic OH excluding ortho intramolecular Hbond substituents is 1. The Labute approximate surface area is 304 Å². The Kier molecular flexibility index (Phi) is 10.0. The van der Waals surface area contributed by atoms with Crippen LogP contribution in [0, 0.1) is 17.0 Å². The van der Waals surface area contributed by atoms with Gasteiger partial charge in [-0.3, -0.25) is 9.88 Å². The van der Waals surface area contributed by atoms with E-state index in [4.69, 9.17) is 19.2 Å². The van der Waals surface area contributed by atoms with Gasteiger partial charge in [0, 0.05) is 35.8 Å². The highest BCUT2D eigenvalue weighted by Crippen LogP contribution is 2.42. The molecule has 0 bridgehead atoms. The van der Waals surface area contributed by atoms with Gasteiger partial charge in [-0.15, -0.1) is 0 Å². The van der Waals surface area contributed by atoms with E-state index < -0.39 is 17.2 Å². The van der Waals surface area contributed by atoms with Crippen molar-refractivity contribution in [2.24, 2.45) is 5.41 Å². The van der Waals surface area contributed by atoms with Crippen molar-refractivity contribution < 1.29 is 33.2 Å². The normalized spacial score (nSPS) is 29.1. The molecule has 3 fully saturated rings. The first-order valence-corrected chi connectivity index (χ1v) is 18.7. The van der Waals surface area contributed by atoms with Gasteiger partial charge in [-0.2, -0.15) is 9.97 Å². The van der Waals surface area contributed by atoms with Crippen LogP contribution in [0.15, 0.2) is 30.5 Å². The molecule has 12 heteroatoms. The molecule has 3 aliphatic heterocycles. The van der Waals surface area contributed by atoms with Crippen LogP contribution in [0.4, 0.5) is 14.6 Å². The van der Waals surface area contributed by atoms with E-state index in [1.54, 1.807) is 13.0 Å². The van der Waals surface area contributed by atoms with Crippen LogP contribution in [0.2, 0.25) is 0 Å². The number of piperidine rings is 1. The number of aromatic hydroxyl groups is 1. The second kappa shape index (κ2) is 14.3. The third-order valence-corrected chi connectivity index (χ3v) is 11.5. The van der Waals surface area contributed by atoms with Crippen LogP contribution in [0.3, 0.4) is 0 Å². The lowest BCUT2D eigenvalue weighted by atomic mass is 9.74. The average Bonchev–Trinajstić information content (AvgIpc) is 3.28. The summed E-state index contributed by atoms with van der Waals surface area (Å²) in [5, 5.41) is 23.1. The minimum Gasteiger partial charge on any atom is -0.508 e. The Morgan fingerprint density at radius 3 is 2.58 bits per heavy atom. The van der Waals surface area contributed by atoms with Crippen molar-refractivity contribution in [1.29, 1.82) is 0 Å². The summed E-state index contributed by atoms with van der Waals surface area (Å²) in [5.41, 5.74) is -0.838. The van der Waals surface area contributed by atoms with Crippen LogP contribution >= 0.6 is 0 Å². The molecule has 280 valence electrons. The fourth-order valence-electron chi connectivity index (χ4n) is 8.76. The van der Waals surface area contributed by atoms with Gasteiger partial charge in [-0.1, -0.05) is 19.9 Å². The zero-order chi connectivity index (χ0) is 36.9. The lowest BCUT2D eigenvalue weighted by Crippen LogP contribution is -2.57. The predicted molar refractivity (Wildman–Crippen MR) is 197 cm³/mol. The number of hydrogen-bond acceptors (Lipinski definition) is 10. The zero-order valence-corrected chi connectivity index (χ0v) is 31.1. The molecule has 3 saturated heterocycles. The number of β-amino-alcohol motifs (C(OH)–C–C–N with tert-alkyl or cyclic N) is 1. The molecular formula is C40H51F2N5O5. The molecule has 0 amide bonds. The van der Waals surface area contributed by atoms with Crippen LogP contribution in [-0.2, 0) is 15.9 Å². The minimum absolute atomic E-state index is 0.0169. The quantitative estimate of drug-likeness (QED) is 0.211. The van der Waals surface area contributed by atoms with Crippen LogP contribution in [-0.4, -0.2) is 99.4 Å². The van der Waals surface area contributed by atoms with Crippen LogP contribution in [0.1, 0.15) is 72.8 Å². The van der Waals surface area contributed by atoms with Gasteiger partial charge in [0.1, 0.15) is 34.2 Å². The van der Waals surface area contributed by atoms with Crippen molar-refractivity contribution in [3.8, 4) is 23.0 Å². The summed E-state index contributed by atoms with van der Waals surface area (Å²) < 4.78 is 50.4. The molecule has 0 spiro atoms. The van der Waals surface area contributed by atoms with Gasteiger partial charge in [-0.25, -0.2) is 8.78 Å². The second-order valence-electron chi connectivity index (χ2n) is 15.8. The molecule has 7 rings (SSSR count). The van der Waals surface area contributed by atoms with Gasteiger partial charge >= 0.3 is 6.01 Å². The van der Waals surface area contributed by atoms with Crippen molar-refractivity contribution in [1.82, 2.24) is 19.9 Å². The van der Waals surface area contributed by atoms with E-state index in [9.17, 15) is 10.2 Å². The number of ether oxygens (including phenoxy) is 3. The van der Waals surface area contributed by atoms with Crippen LogP contribution in [0.5, 0.6) is 11.8 Å². The SMILES string of the molecule is CCc1c(F)ccc2cc(O)cc(-c3ncc4c(N5CCOCC(C)(O)C5)nc(OCC5(C)CCCN(C6CC(C)OC(C)C6)C5C)nc4c3F)c12. The number of aromatic nitrogens is 3. The molecule has 5 atom stereocenters. The molecule has 2 N–H and O–H groups in total. The first kappa shape index (κ1) is 36.6. The molecule has 52 heavy (non-hydrogen) atoms. The molecule has 0 radical (unpaired) electrons. The summed E-state index contributed by atoms with van der Waals surface area (Å²) in [7, 11) is 0. The van der Waals surface area contributed by atoms with Gasteiger partial charge in [-0.05, 0) is 101 Å². The second-order valence-corrected chi connectivity index (χ2v) is 15.8. The monoisotopic (exact) mass is 719 g/mol. The number of fused-ring (bicyclic) bond motifs is 2. The number of hydrogen-bond donors (Lipinski definition) is 2. The van der Waals surface area contributed by atoms with E-state index in [-0.39, 0.29) is 65.4 Å². The lowest BCUT2D eigenvalue weighted by Gasteiger charge is -2.51. The van der Waals surface area contributed by atoms with E-state index in [1.807, 2.05) is 11.8 Å². The summed E-state index contributed by atoms with van der Waals surface area (Å²) in [6.45, 7) is 14.7. The number of phenols is 1. The first-order chi connectivity index (χ1) is 24.8. The van der Waals surface area contributed by atoms with Crippen molar-refractivity contribution in [2.75, 3.05) is 44.4 Å². The molecule has 0 saturated carbocycles. The van der Waals surface area contributed by atoms with Crippen molar-refractivity contribution in [3.05, 3.63) is 47.7 Å². The zero-order valence-electron chi connectivity index (χ0n) is 31.1. The molecule has 2 aromatic heterocycles. The van der Waals surface area contributed by atoms with E-state index in [2.05, 4.69) is 42.6 Å². The Morgan fingerprint density at radius 2 is 1.83 bits per heavy atom. The fraction of sp³-hybridized carbons (Fsp3) is 0.575. The summed E-state index contributed by atoms with van der Waals surface area (Å²) in [6.07, 6.45) is 6.24. The topological polar surface area (TPSA) is 113 Å². The largest absolute Gasteiger partial charge is 0.508 e. The number of likely N-dealkylation sites (tertiary alicyclic amines) is 1. The van der Waals surface area contributed by atoms with Crippen molar-refractivity contribution >= 4 is 27.5 Å². The maximum absolute atomic E-state index is 17.1. The van der Waals surface area contributed by atoms with Crippen molar-refractivity contribution in [2.45, 2.75) is 104 Å². The van der Waals surface area contributed by atoms with Gasteiger partial charge in [0.15, 0.2) is 5.82 Å². The molecule has 0 aliphatic carbocycles. The third-order valence-electron chi connectivity index (χ3n) is 11.5. The number of aliphatic hydroxyl groups is 1. The Bertz CT molecular complexity index is 1950. The molecule has 4 aromatic rings. The van der Waals surface area contributed by atoms with E-state index >= 15 is 8.78 Å². The number of aryl methyl sites for hydroxylation is 1. The number of halogens is 2. The molecule has 5 heterocycles. The summed E-state index contributed by atoms with van der Waals surface area (Å²) in [4.78, 5) is 18.5. The maximum atomic E-state index is 17.1. The smallest absolute Gasteiger partial charge is 0.319 e. The van der Waals surface area contributed by atoms with Gasteiger partial charge in [0.25, 0.3) is 0 Å². The highest BCUT2D eigenvalue weighted by Gasteiger charge is 2.43. The number of nitrogens with zero attached hydrogens (tertiary/aromatic N) is 5. The Hall–Kier alpha value is -3.71. The Morgan fingerprint density at radius 1 is 1.06 bits per heavy atom. The maximum Gasteiger partial charge on any atom is 0.319 e. The van der Waals surface area contributed by atoms with Gasteiger partial charge in [0.2, 0.25) is 0 Å². The molecule has 10 nitrogen and oxygen atoms in total. The Balaban J connectivity index is 1.30. The van der Waals surface area contributed by atoms with Gasteiger partial charge in [0.05, 0.1) is 44.0 Å². The van der Waals surface area contributed by atoms with Gasteiger partial charge < -0.3 is 29.3 Å². The highest BCUT2D eigenvalue weighted by molar-refractivity contribution is 6.01. The van der Waals surface area contributed by atoms with E-state index in [0.29, 0.717) is 59.8 Å². The minimum atomic E-state index is -1.19. The highest BCUT2D eigenvalue weighted by atomic mass is 19.1. The third kappa shape index (κ3) is 7.02. The summed E-state index contributed by atoms with van der Waals surface area (Å²) in [6, 6.07) is 6.53. The predicted octanol–water partition coefficient (Wildman–Crippen LogP) is 6.80. The fourth-order valence-corrected chi connectivity index (χ4v) is 8.76. The molecule has 2 aromatic carbocycles. The molecular weight excluding hydrogens is 668 g/mol. The standard InChI is InChI=1S/C40H51F2N5O5/c1-7-29-32(41)10-9-26-17-28(48)18-30(33(26)29)35-34(42)36-31(19-43-35)37(46-13-14-50-22-40(6,49)20-46)45-38(44-36)51-21-39(5)11-8-12-47(25(39)4)27-15-23(2)52-24(3)16-27/h9-10,17-19,23-25,27,48-49H,7-8,11-16,20-22H2,1-6H3. The lowest BCUT2D eigenvalue weighted by molar-refractivity contribution is -0.0967. The number of benzene rings is 2. The van der Waals surface area contributed by atoms with Crippen LogP contribution < -0.4 is 9.64 Å². The van der Waals surface area contributed by atoms with E-state index in [1.165, 1.54) is 24.4 Å². The van der Waals surface area contributed by atoms with E-state index in [0.717, 1.165) is 32.2 Å². The first-order valence-electron chi connectivity index (χ1n) is 18.7. The number of anilines is 1. The number of pyridine rings is 1. The van der Waals surface area contributed by atoms with Crippen LogP contribution in [0.25, 0.3) is 32.9 Å². The summed E-state index contributed by atoms with van der Waals surface area (Å²) in [5.74, 6) is -0.874. The summed E-state index contributed by atoms with van der Waals surface area (Å²) >= 11 is 0.